The number of hydrogen-bond donors (Lipinski definition) is 0. The van der Waals surface area contributed by atoms with Crippen LogP contribution in [0.1, 0.15) is 36.0 Å². The lowest BCUT2D eigenvalue weighted by Gasteiger charge is -2.36. The maximum absolute atomic E-state index is 2.53. The zero-order valence-electron chi connectivity index (χ0n) is 29.4. The highest BCUT2D eigenvalue weighted by Crippen LogP contribution is 2.43. The Morgan fingerprint density at radius 3 is 1.83 bits per heavy atom. The minimum absolute atomic E-state index is 0.684. The van der Waals surface area contributed by atoms with Gasteiger partial charge in [0, 0.05) is 46.0 Å². The maximum Gasteiger partial charge on any atom is 0.0572 e. The molecule has 2 nitrogen and oxygen atoms in total. The summed E-state index contributed by atoms with van der Waals surface area (Å²) in [5, 5.41) is 0. The van der Waals surface area contributed by atoms with Gasteiger partial charge in [-0.1, -0.05) is 176 Å². The van der Waals surface area contributed by atoms with Crippen LogP contribution in [0.15, 0.2) is 218 Å². The number of hydrogen-bond acceptors (Lipinski definition) is 2. The molecule has 6 aromatic rings. The van der Waals surface area contributed by atoms with E-state index in [4.69, 9.17) is 0 Å². The summed E-state index contributed by atoms with van der Waals surface area (Å²) < 4.78 is 0. The molecular weight excluding hydrogens is 629 g/mol. The minimum Gasteiger partial charge on any atom is -0.336 e. The van der Waals surface area contributed by atoms with Crippen LogP contribution in [0.2, 0.25) is 0 Å². The van der Waals surface area contributed by atoms with E-state index < -0.39 is 0 Å². The smallest absolute Gasteiger partial charge is 0.0572 e. The summed E-state index contributed by atoms with van der Waals surface area (Å²) in [7, 11) is 0. The van der Waals surface area contributed by atoms with Crippen molar-refractivity contribution in [1.82, 2.24) is 0 Å². The second kappa shape index (κ2) is 15.7. The van der Waals surface area contributed by atoms with Gasteiger partial charge in [-0.15, -0.1) is 0 Å². The Morgan fingerprint density at radius 2 is 1.12 bits per heavy atom. The van der Waals surface area contributed by atoms with Crippen LogP contribution in [0, 0.1) is 0 Å². The van der Waals surface area contributed by atoms with Crippen molar-refractivity contribution in [1.29, 1.82) is 0 Å². The third-order valence-corrected chi connectivity index (χ3v) is 9.83. The van der Waals surface area contributed by atoms with Gasteiger partial charge in [0.15, 0.2) is 0 Å². The van der Waals surface area contributed by atoms with Crippen molar-refractivity contribution < 1.29 is 0 Å². The van der Waals surface area contributed by atoms with Gasteiger partial charge in [0.2, 0.25) is 0 Å². The van der Waals surface area contributed by atoms with Crippen molar-refractivity contribution in [3.05, 3.63) is 234 Å². The lowest BCUT2D eigenvalue weighted by Crippen LogP contribution is -2.26. The van der Waals surface area contributed by atoms with Crippen molar-refractivity contribution in [3.8, 4) is 11.1 Å². The van der Waals surface area contributed by atoms with E-state index in [0.717, 1.165) is 30.6 Å². The number of benzene rings is 6. The van der Waals surface area contributed by atoms with Gasteiger partial charge < -0.3 is 9.80 Å². The Hall–Kier alpha value is -6.38. The van der Waals surface area contributed by atoms with E-state index in [9.17, 15) is 0 Å². The zero-order valence-corrected chi connectivity index (χ0v) is 29.4. The lowest BCUT2D eigenvalue weighted by atomic mass is 9.90. The first-order valence-corrected chi connectivity index (χ1v) is 18.3. The van der Waals surface area contributed by atoms with E-state index in [1.54, 1.807) is 0 Å². The second-order valence-electron chi connectivity index (χ2n) is 13.1. The van der Waals surface area contributed by atoms with E-state index in [0.29, 0.717) is 6.54 Å². The monoisotopic (exact) mass is 670 g/mol. The summed E-state index contributed by atoms with van der Waals surface area (Å²) in [6, 6.07) is 61.1. The Kier molecular flexibility index (Phi) is 9.88. The first-order chi connectivity index (χ1) is 25.8. The van der Waals surface area contributed by atoms with Crippen LogP contribution in [0.4, 0.5) is 17.1 Å². The van der Waals surface area contributed by atoms with E-state index in [-0.39, 0.29) is 0 Å². The summed E-state index contributed by atoms with van der Waals surface area (Å²) in [5.74, 6) is 0. The second-order valence-corrected chi connectivity index (χ2v) is 13.1. The van der Waals surface area contributed by atoms with Gasteiger partial charge in [0.25, 0.3) is 0 Å². The molecule has 0 amide bonds. The van der Waals surface area contributed by atoms with Crippen LogP contribution in [-0.2, 0) is 6.54 Å². The fourth-order valence-corrected chi connectivity index (χ4v) is 7.40. The Bertz CT molecular complexity index is 2280. The van der Waals surface area contributed by atoms with Crippen LogP contribution in [0.3, 0.4) is 0 Å². The number of nitrogens with zero attached hydrogens (tertiary/aromatic N) is 2. The summed E-state index contributed by atoms with van der Waals surface area (Å²) >= 11 is 0. The van der Waals surface area contributed by atoms with E-state index in [2.05, 4.69) is 216 Å². The number of allylic oxidation sites excluding steroid dienone is 8. The minimum atomic E-state index is 0.684. The number of rotatable bonds is 10. The summed E-state index contributed by atoms with van der Waals surface area (Å²) in [4.78, 5) is 5.00. The maximum atomic E-state index is 2.53. The average Bonchev–Trinajstić information content (AvgIpc) is 3.24. The fourth-order valence-electron chi connectivity index (χ4n) is 7.40. The normalized spacial score (nSPS) is 14.7. The highest BCUT2D eigenvalue weighted by atomic mass is 15.2. The molecule has 2 aliphatic carbocycles. The Morgan fingerprint density at radius 1 is 0.519 bits per heavy atom. The van der Waals surface area contributed by atoms with Gasteiger partial charge in [0.05, 0.1) is 5.70 Å². The summed E-state index contributed by atoms with van der Waals surface area (Å²) in [6.45, 7) is 0.684. The first-order valence-electron chi connectivity index (χ1n) is 18.3. The SMILES string of the molecule is C1=CC/C(=C(\c2ccccc2CN(c2ccccc2)c2ccccc2-c2ccccc2)N(C2=CCCC=C2c2ccccc2)c2ccccc2)C=C1. The van der Waals surface area contributed by atoms with Gasteiger partial charge in [-0.2, -0.15) is 0 Å². The van der Waals surface area contributed by atoms with Crippen LogP contribution in [0.5, 0.6) is 0 Å². The highest BCUT2D eigenvalue weighted by Gasteiger charge is 2.28. The third-order valence-electron chi connectivity index (χ3n) is 9.83. The molecule has 0 aromatic heterocycles. The molecule has 0 aliphatic heterocycles. The van der Waals surface area contributed by atoms with Crippen molar-refractivity contribution >= 4 is 28.3 Å². The van der Waals surface area contributed by atoms with Gasteiger partial charge in [-0.25, -0.2) is 0 Å². The Labute approximate surface area is 308 Å². The summed E-state index contributed by atoms with van der Waals surface area (Å²) in [5.41, 5.74) is 14.6. The zero-order chi connectivity index (χ0) is 35.0. The topological polar surface area (TPSA) is 6.48 Å². The predicted octanol–water partition coefficient (Wildman–Crippen LogP) is 13.2. The van der Waals surface area contributed by atoms with Gasteiger partial charge >= 0.3 is 0 Å². The molecule has 2 aliphatic rings. The molecule has 0 N–H and O–H groups in total. The standard InChI is InChI=1S/C50H42N2/c1-6-22-39(23-7-1)45-33-18-20-36-48(45)51(43-29-12-4-13-30-43)38-42-28-16-17-35-47(42)50(41-26-10-3-11-27-41)52(44-31-14-5-15-32-44)49-37-21-19-34-46(49)40-24-8-2-9-25-40/h1-18,20,22-26,28-37H,19,21,27,38H2/b50-41+. The van der Waals surface area contributed by atoms with E-state index in [1.807, 2.05) is 0 Å². The Balaban J connectivity index is 1.32. The molecule has 8 rings (SSSR count). The molecule has 0 heterocycles. The van der Waals surface area contributed by atoms with E-state index in [1.165, 1.54) is 56.0 Å². The quantitative estimate of drug-likeness (QED) is 0.143. The van der Waals surface area contributed by atoms with Crippen LogP contribution in [-0.4, -0.2) is 0 Å². The largest absolute Gasteiger partial charge is 0.336 e. The predicted molar refractivity (Wildman–Crippen MR) is 221 cm³/mol. The molecule has 0 bridgehead atoms. The summed E-state index contributed by atoms with van der Waals surface area (Å²) in [6.07, 6.45) is 16.6. The number of para-hydroxylation sites is 3. The first kappa shape index (κ1) is 32.8. The van der Waals surface area contributed by atoms with E-state index >= 15 is 0 Å². The lowest BCUT2D eigenvalue weighted by molar-refractivity contribution is 0.965. The highest BCUT2D eigenvalue weighted by molar-refractivity contribution is 5.96. The molecule has 0 atom stereocenters. The third kappa shape index (κ3) is 6.97. The number of anilines is 3. The molecule has 0 radical (unpaired) electrons. The van der Waals surface area contributed by atoms with Gasteiger partial charge in [-0.05, 0) is 71.9 Å². The molecule has 0 spiro atoms. The molecule has 52 heavy (non-hydrogen) atoms. The van der Waals surface area contributed by atoms with Gasteiger partial charge in [0.1, 0.15) is 0 Å². The van der Waals surface area contributed by atoms with Crippen molar-refractivity contribution in [2.75, 3.05) is 9.80 Å². The molecular formula is C50H42N2. The molecule has 0 saturated heterocycles. The molecule has 0 saturated carbocycles. The molecule has 252 valence electrons. The van der Waals surface area contributed by atoms with Crippen molar-refractivity contribution in [3.63, 3.8) is 0 Å². The fraction of sp³-hybridized carbons (Fsp3) is 0.0800. The molecule has 0 fully saturated rings. The molecule has 2 heteroatoms. The van der Waals surface area contributed by atoms with Crippen LogP contribution >= 0.6 is 0 Å². The molecule has 0 unspecified atom stereocenters. The van der Waals surface area contributed by atoms with Gasteiger partial charge in [-0.3, -0.25) is 0 Å². The van der Waals surface area contributed by atoms with Crippen LogP contribution in [0.25, 0.3) is 22.4 Å². The average molecular weight is 671 g/mol. The van der Waals surface area contributed by atoms with Crippen molar-refractivity contribution in [2.45, 2.75) is 25.8 Å². The molecule has 6 aromatic carbocycles. The van der Waals surface area contributed by atoms with Crippen LogP contribution < -0.4 is 9.80 Å². The van der Waals surface area contributed by atoms with Crippen molar-refractivity contribution in [2.24, 2.45) is 0 Å².